The zero-order chi connectivity index (χ0) is 14.7. The number of Topliss-reactive ketones (excluding diaryl/α,β-unsaturated/α-hetero) is 1. The van der Waals surface area contributed by atoms with E-state index in [-0.39, 0.29) is 10.8 Å². The highest BCUT2D eigenvalue weighted by atomic mass is 32.1. The van der Waals surface area contributed by atoms with Gasteiger partial charge in [0.05, 0.1) is 5.56 Å². The molecule has 0 atom stereocenters. The molecule has 4 heteroatoms. The molecule has 0 saturated carbocycles. The molecule has 3 rings (SSSR count). The molecule has 0 aliphatic rings. The van der Waals surface area contributed by atoms with Gasteiger partial charge in [-0.2, -0.15) is 0 Å². The van der Waals surface area contributed by atoms with Gasteiger partial charge in [0, 0.05) is 23.6 Å². The number of fused-ring (bicyclic) bond motifs is 1. The Morgan fingerprint density at radius 1 is 1.05 bits per heavy atom. The first-order valence-electron chi connectivity index (χ1n) is 6.68. The Morgan fingerprint density at radius 2 is 1.76 bits per heavy atom. The van der Waals surface area contributed by atoms with Gasteiger partial charge >= 0.3 is 0 Å². The molecule has 0 aliphatic carbocycles. The van der Waals surface area contributed by atoms with Gasteiger partial charge in [-0.25, -0.2) is 0 Å². The lowest BCUT2D eigenvalue weighted by atomic mass is 10.1. The van der Waals surface area contributed by atoms with Crippen LogP contribution < -0.4 is 5.32 Å². The predicted molar refractivity (Wildman–Crippen MR) is 88.5 cm³/mol. The molecule has 0 bridgehead atoms. The van der Waals surface area contributed by atoms with Crippen LogP contribution in [-0.4, -0.2) is 15.8 Å². The topological polar surface area (TPSA) is 44.9 Å². The lowest BCUT2D eigenvalue weighted by molar-refractivity contribution is 0.106. The average Bonchev–Trinajstić information content (AvgIpc) is 2.97. The quantitative estimate of drug-likeness (QED) is 0.572. The molecule has 2 N–H and O–H groups in total. The Labute approximate surface area is 128 Å². The number of aromatic nitrogens is 1. The summed E-state index contributed by atoms with van der Waals surface area (Å²) in [4.78, 5) is 15.7. The van der Waals surface area contributed by atoms with Gasteiger partial charge in [0.2, 0.25) is 5.78 Å². The first kappa shape index (κ1) is 13.5. The molecule has 1 aromatic heterocycles. The predicted octanol–water partition coefficient (Wildman–Crippen LogP) is 3.47. The van der Waals surface area contributed by atoms with Crippen LogP contribution in [0.15, 0.2) is 60.8 Å². The molecule has 0 aliphatic heterocycles. The summed E-state index contributed by atoms with van der Waals surface area (Å²) in [6.07, 6.45) is 1.71. The fourth-order valence-electron chi connectivity index (χ4n) is 2.24. The average molecular weight is 294 g/mol. The molecule has 3 aromatic rings. The number of carbonyl (C=O) groups excluding carboxylic acids is 1. The van der Waals surface area contributed by atoms with Gasteiger partial charge in [-0.15, -0.1) is 0 Å². The second kappa shape index (κ2) is 5.89. The number of H-pyrrole nitrogens is 1. The van der Waals surface area contributed by atoms with E-state index in [0.717, 1.165) is 16.5 Å². The molecular formula is C17H14N2OS. The van der Waals surface area contributed by atoms with E-state index in [0.29, 0.717) is 12.1 Å². The van der Waals surface area contributed by atoms with Crippen LogP contribution in [0.5, 0.6) is 0 Å². The first-order valence-corrected chi connectivity index (χ1v) is 7.09. The summed E-state index contributed by atoms with van der Waals surface area (Å²) in [5.41, 5.74) is 2.63. The highest BCUT2D eigenvalue weighted by molar-refractivity contribution is 7.82. The molecule has 0 amide bonds. The summed E-state index contributed by atoms with van der Waals surface area (Å²) in [7, 11) is 0. The number of benzene rings is 2. The SMILES string of the molecule is O=C(C(=S)NCc1ccccc1)c1c[nH]c2ccccc12. The Morgan fingerprint density at radius 3 is 2.57 bits per heavy atom. The minimum absolute atomic E-state index is 0.154. The summed E-state index contributed by atoms with van der Waals surface area (Å²) in [6, 6.07) is 17.6. The van der Waals surface area contributed by atoms with Crippen LogP contribution in [0.4, 0.5) is 0 Å². The van der Waals surface area contributed by atoms with E-state index >= 15 is 0 Å². The fraction of sp³-hybridized carbons (Fsp3) is 0.0588. The van der Waals surface area contributed by atoms with Crippen molar-refractivity contribution in [1.82, 2.24) is 10.3 Å². The lowest BCUT2D eigenvalue weighted by Gasteiger charge is -2.06. The Bertz CT molecular complexity index is 793. The number of aromatic amines is 1. The number of ketones is 1. The van der Waals surface area contributed by atoms with E-state index in [2.05, 4.69) is 10.3 Å². The number of carbonyl (C=O) groups is 1. The Kier molecular flexibility index (Phi) is 3.79. The van der Waals surface area contributed by atoms with Crippen LogP contribution in [0, 0.1) is 0 Å². The molecule has 0 spiro atoms. The molecule has 3 nitrogen and oxygen atoms in total. The standard InChI is InChI=1S/C17H14N2OS/c20-16(14-11-18-15-9-5-4-8-13(14)15)17(21)19-10-12-6-2-1-3-7-12/h1-9,11,18H,10H2,(H,19,21). The molecule has 0 radical (unpaired) electrons. The summed E-state index contributed by atoms with van der Waals surface area (Å²) in [5.74, 6) is -0.154. The van der Waals surface area contributed by atoms with Gasteiger partial charge in [-0.1, -0.05) is 60.7 Å². The van der Waals surface area contributed by atoms with Gasteiger partial charge in [-0.05, 0) is 11.6 Å². The van der Waals surface area contributed by atoms with Crippen LogP contribution in [0.3, 0.4) is 0 Å². The molecular weight excluding hydrogens is 280 g/mol. The van der Waals surface area contributed by atoms with E-state index in [1.807, 2.05) is 54.6 Å². The molecule has 1 heterocycles. The fourth-order valence-corrected chi connectivity index (χ4v) is 2.42. The molecule has 104 valence electrons. The van der Waals surface area contributed by atoms with Crippen molar-refractivity contribution in [2.24, 2.45) is 0 Å². The smallest absolute Gasteiger partial charge is 0.222 e. The van der Waals surface area contributed by atoms with Crippen molar-refractivity contribution in [3.05, 3.63) is 71.9 Å². The number of hydrogen-bond donors (Lipinski definition) is 2. The summed E-state index contributed by atoms with van der Waals surface area (Å²) in [6.45, 7) is 0.549. The number of hydrogen-bond acceptors (Lipinski definition) is 2. The van der Waals surface area contributed by atoms with Crippen molar-refractivity contribution in [2.75, 3.05) is 0 Å². The van der Waals surface area contributed by atoms with Gasteiger partial charge < -0.3 is 10.3 Å². The third-order valence-corrected chi connectivity index (χ3v) is 3.67. The molecule has 21 heavy (non-hydrogen) atoms. The third-order valence-electron chi connectivity index (χ3n) is 3.34. The van der Waals surface area contributed by atoms with Crippen LogP contribution in [-0.2, 0) is 6.54 Å². The summed E-state index contributed by atoms with van der Waals surface area (Å²) < 4.78 is 0. The molecule has 0 unspecified atom stereocenters. The maximum absolute atomic E-state index is 12.4. The van der Waals surface area contributed by atoms with Crippen molar-refractivity contribution in [3.8, 4) is 0 Å². The highest BCUT2D eigenvalue weighted by Crippen LogP contribution is 2.18. The number of nitrogens with one attached hydrogen (secondary N) is 2. The van der Waals surface area contributed by atoms with Crippen LogP contribution >= 0.6 is 12.2 Å². The number of rotatable bonds is 4. The van der Waals surface area contributed by atoms with E-state index in [4.69, 9.17) is 12.2 Å². The van der Waals surface area contributed by atoms with E-state index in [1.54, 1.807) is 6.20 Å². The van der Waals surface area contributed by atoms with Crippen LogP contribution in [0.1, 0.15) is 15.9 Å². The summed E-state index contributed by atoms with van der Waals surface area (Å²) >= 11 is 5.21. The second-order valence-electron chi connectivity index (χ2n) is 4.75. The Hall–Kier alpha value is -2.46. The Balaban J connectivity index is 1.74. The van der Waals surface area contributed by atoms with Crippen molar-refractivity contribution < 1.29 is 4.79 Å². The minimum atomic E-state index is -0.154. The van der Waals surface area contributed by atoms with Gasteiger partial charge in [-0.3, -0.25) is 4.79 Å². The van der Waals surface area contributed by atoms with Gasteiger partial charge in [0.15, 0.2) is 0 Å². The molecule has 0 saturated heterocycles. The third kappa shape index (κ3) is 2.85. The number of para-hydroxylation sites is 1. The second-order valence-corrected chi connectivity index (χ2v) is 5.15. The van der Waals surface area contributed by atoms with Crippen molar-refractivity contribution in [2.45, 2.75) is 6.54 Å². The van der Waals surface area contributed by atoms with Crippen molar-refractivity contribution >= 4 is 33.9 Å². The van der Waals surface area contributed by atoms with E-state index in [1.165, 1.54) is 0 Å². The maximum Gasteiger partial charge on any atom is 0.222 e. The normalized spacial score (nSPS) is 10.5. The van der Waals surface area contributed by atoms with E-state index < -0.39 is 0 Å². The number of thiocarbonyl (C=S) groups is 1. The molecule has 0 fully saturated rings. The molecule has 2 aromatic carbocycles. The highest BCUT2D eigenvalue weighted by Gasteiger charge is 2.16. The minimum Gasteiger partial charge on any atom is -0.369 e. The monoisotopic (exact) mass is 294 g/mol. The van der Waals surface area contributed by atoms with Gasteiger partial charge in [0.1, 0.15) is 4.99 Å². The summed E-state index contributed by atoms with van der Waals surface area (Å²) in [5, 5.41) is 3.91. The lowest BCUT2D eigenvalue weighted by Crippen LogP contribution is -2.28. The van der Waals surface area contributed by atoms with Crippen LogP contribution in [0.25, 0.3) is 10.9 Å². The zero-order valence-corrected chi connectivity index (χ0v) is 12.1. The van der Waals surface area contributed by atoms with Crippen LogP contribution in [0.2, 0.25) is 0 Å². The van der Waals surface area contributed by atoms with Crippen molar-refractivity contribution in [1.29, 1.82) is 0 Å². The van der Waals surface area contributed by atoms with Gasteiger partial charge in [0.25, 0.3) is 0 Å². The zero-order valence-electron chi connectivity index (χ0n) is 11.3. The maximum atomic E-state index is 12.4. The first-order chi connectivity index (χ1) is 10.3. The van der Waals surface area contributed by atoms with Crippen molar-refractivity contribution in [3.63, 3.8) is 0 Å². The largest absolute Gasteiger partial charge is 0.369 e. The van der Waals surface area contributed by atoms with E-state index in [9.17, 15) is 4.79 Å².